The smallest absolute Gasteiger partial charge is 0.0282 e. The largest absolute Gasteiger partial charge is 0.0840 e. The standard InChI is InChI=1S/C11H18.C2H6/c1-2-3-5-8-11-9-6-4-7-10-11;1-2/h6,9-10H,2-5,7-8H2,1H3;1-2H3. The molecule has 0 bridgehead atoms. The first-order valence-corrected chi connectivity index (χ1v) is 5.79. The summed E-state index contributed by atoms with van der Waals surface area (Å²) in [6.07, 6.45) is 14.9. The van der Waals surface area contributed by atoms with Gasteiger partial charge in [-0.05, 0) is 25.7 Å². The molecule has 0 saturated carbocycles. The molecule has 0 aromatic rings. The molecule has 0 N–H and O–H groups in total. The average molecular weight is 180 g/mol. The van der Waals surface area contributed by atoms with Gasteiger partial charge < -0.3 is 0 Å². The number of allylic oxidation sites excluding steroid dienone is 4. The summed E-state index contributed by atoms with van der Waals surface area (Å²) in [5, 5.41) is 0. The topological polar surface area (TPSA) is 0 Å². The lowest BCUT2D eigenvalue weighted by molar-refractivity contribution is 0.715. The van der Waals surface area contributed by atoms with Crippen molar-refractivity contribution in [1.29, 1.82) is 0 Å². The van der Waals surface area contributed by atoms with Crippen LogP contribution >= 0.6 is 0 Å². The van der Waals surface area contributed by atoms with E-state index in [-0.39, 0.29) is 0 Å². The Morgan fingerprint density at radius 3 is 2.46 bits per heavy atom. The van der Waals surface area contributed by atoms with E-state index in [9.17, 15) is 0 Å². The first-order valence-electron chi connectivity index (χ1n) is 5.79. The second kappa shape index (κ2) is 9.57. The van der Waals surface area contributed by atoms with Gasteiger partial charge in [-0.15, -0.1) is 0 Å². The number of rotatable bonds is 4. The van der Waals surface area contributed by atoms with E-state index in [2.05, 4.69) is 25.2 Å². The molecule has 0 nitrogen and oxygen atoms in total. The van der Waals surface area contributed by atoms with Crippen molar-refractivity contribution in [3.05, 3.63) is 23.8 Å². The Balaban J connectivity index is 0.000000671. The molecule has 0 heteroatoms. The third kappa shape index (κ3) is 6.62. The Hall–Kier alpha value is -0.520. The van der Waals surface area contributed by atoms with Gasteiger partial charge in [0.25, 0.3) is 0 Å². The van der Waals surface area contributed by atoms with Crippen molar-refractivity contribution in [1.82, 2.24) is 0 Å². The molecule has 1 aliphatic rings. The first-order chi connectivity index (χ1) is 6.43. The molecule has 0 spiro atoms. The third-order valence-corrected chi connectivity index (χ3v) is 2.14. The van der Waals surface area contributed by atoms with E-state index in [0.717, 1.165) is 0 Å². The van der Waals surface area contributed by atoms with Gasteiger partial charge in [0.2, 0.25) is 0 Å². The van der Waals surface area contributed by atoms with Gasteiger partial charge in [0, 0.05) is 0 Å². The summed E-state index contributed by atoms with van der Waals surface area (Å²) in [6, 6.07) is 0. The van der Waals surface area contributed by atoms with Gasteiger partial charge in [0.1, 0.15) is 0 Å². The van der Waals surface area contributed by atoms with Gasteiger partial charge >= 0.3 is 0 Å². The van der Waals surface area contributed by atoms with E-state index in [1.807, 2.05) is 13.8 Å². The molecule has 0 fully saturated rings. The van der Waals surface area contributed by atoms with Crippen molar-refractivity contribution >= 4 is 0 Å². The molecule has 0 amide bonds. The van der Waals surface area contributed by atoms with Gasteiger partial charge in [0.15, 0.2) is 0 Å². The van der Waals surface area contributed by atoms with Gasteiger partial charge in [-0.25, -0.2) is 0 Å². The Kier molecular flexibility index (Phi) is 9.18. The number of unbranched alkanes of at least 4 members (excludes halogenated alkanes) is 2. The van der Waals surface area contributed by atoms with Gasteiger partial charge in [-0.2, -0.15) is 0 Å². The second-order valence-electron chi connectivity index (χ2n) is 3.22. The second-order valence-corrected chi connectivity index (χ2v) is 3.22. The number of hydrogen-bond acceptors (Lipinski definition) is 0. The van der Waals surface area contributed by atoms with E-state index in [1.54, 1.807) is 5.57 Å². The van der Waals surface area contributed by atoms with Crippen molar-refractivity contribution < 1.29 is 0 Å². The first kappa shape index (κ1) is 12.5. The quantitative estimate of drug-likeness (QED) is 0.541. The minimum Gasteiger partial charge on any atom is -0.0840 e. The van der Waals surface area contributed by atoms with Crippen LogP contribution in [-0.4, -0.2) is 0 Å². The predicted molar refractivity (Wildman–Crippen MR) is 61.9 cm³/mol. The molecule has 76 valence electrons. The highest BCUT2D eigenvalue weighted by Crippen LogP contribution is 2.15. The Morgan fingerprint density at radius 2 is 1.92 bits per heavy atom. The van der Waals surface area contributed by atoms with Crippen LogP contribution < -0.4 is 0 Å². The van der Waals surface area contributed by atoms with Gasteiger partial charge in [0.05, 0.1) is 0 Å². The Labute approximate surface area is 83.7 Å². The zero-order valence-electron chi connectivity index (χ0n) is 9.47. The van der Waals surface area contributed by atoms with Crippen molar-refractivity contribution in [2.45, 2.75) is 59.3 Å². The minimum atomic E-state index is 1.25. The van der Waals surface area contributed by atoms with Crippen LogP contribution in [0, 0.1) is 0 Å². The van der Waals surface area contributed by atoms with E-state index in [0.29, 0.717) is 0 Å². The van der Waals surface area contributed by atoms with Crippen LogP contribution in [0.25, 0.3) is 0 Å². The monoisotopic (exact) mass is 180 g/mol. The maximum Gasteiger partial charge on any atom is -0.0282 e. The van der Waals surface area contributed by atoms with E-state index in [4.69, 9.17) is 0 Å². The summed E-state index contributed by atoms with van der Waals surface area (Å²) < 4.78 is 0. The van der Waals surface area contributed by atoms with E-state index >= 15 is 0 Å². The summed E-state index contributed by atoms with van der Waals surface area (Å²) in [6.45, 7) is 6.26. The lowest BCUT2D eigenvalue weighted by atomic mass is 10.0. The van der Waals surface area contributed by atoms with Crippen LogP contribution in [0.15, 0.2) is 23.8 Å². The summed E-state index contributed by atoms with van der Waals surface area (Å²) >= 11 is 0. The van der Waals surface area contributed by atoms with Crippen LogP contribution in [0.5, 0.6) is 0 Å². The number of hydrogen-bond donors (Lipinski definition) is 0. The molecule has 1 rings (SSSR count). The maximum absolute atomic E-state index is 2.38. The van der Waals surface area contributed by atoms with Gasteiger partial charge in [-0.3, -0.25) is 0 Å². The fourth-order valence-electron chi connectivity index (χ4n) is 1.43. The van der Waals surface area contributed by atoms with Crippen LogP contribution in [0.3, 0.4) is 0 Å². The summed E-state index contributed by atoms with van der Waals surface area (Å²) in [7, 11) is 0. The van der Waals surface area contributed by atoms with Crippen LogP contribution in [0.4, 0.5) is 0 Å². The van der Waals surface area contributed by atoms with Crippen molar-refractivity contribution in [2.75, 3.05) is 0 Å². The lowest BCUT2D eigenvalue weighted by Crippen LogP contribution is -1.85. The fourth-order valence-corrected chi connectivity index (χ4v) is 1.43. The molecule has 0 aromatic heterocycles. The zero-order valence-corrected chi connectivity index (χ0v) is 9.47. The van der Waals surface area contributed by atoms with Crippen LogP contribution in [-0.2, 0) is 0 Å². The molecule has 1 aliphatic carbocycles. The third-order valence-electron chi connectivity index (χ3n) is 2.14. The molecule has 0 aromatic carbocycles. The van der Waals surface area contributed by atoms with Crippen molar-refractivity contribution in [2.24, 2.45) is 0 Å². The van der Waals surface area contributed by atoms with E-state index in [1.165, 1.54) is 38.5 Å². The lowest BCUT2D eigenvalue weighted by Gasteiger charge is -2.05. The molecule has 0 aliphatic heterocycles. The summed E-state index contributed by atoms with van der Waals surface area (Å²) in [5.41, 5.74) is 1.56. The zero-order chi connectivity index (χ0) is 9.94. The maximum atomic E-state index is 2.38. The molecule has 0 saturated heterocycles. The molecule has 13 heavy (non-hydrogen) atoms. The average Bonchev–Trinajstić information content (AvgIpc) is 2.23. The van der Waals surface area contributed by atoms with Crippen molar-refractivity contribution in [3.8, 4) is 0 Å². The Bertz CT molecular complexity index is 151. The van der Waals surface area contributed by atoms with E-state index < -0.39 is 0 Å². The van der Waals surface area contributed by atoms with Gasteiger partial charge in [-0.1, -0.05) is 57.4 Å². The minimum absolute atomic E-state index is 1.25. The highest BCUT2D eigenvalue weighted by molar-refractivity contribution is 5.21. The fraction of sp³-hybridized carbons (Fsp3) is 0.692. The normalized spacial score (nSPS) is 14.5. The highest BCUT2D eigenvalue weighted by Gasteiger charge is 1.95. The van der Waals surface area contributed by atoms with Crippen LogP contribution in [0.1, 0.15) is 59.3 Å². The Morgan fingerprint density at radius 1 is 1.15 bits per heavy atom. The SMILES string of the molecule is CC.CCCCCC1=CCCC=C1. The molecule has 0 unspecified atom stereocenters. The van der Waals surface area contributed by atoms with Crippen LogP contribution in [0.2, 0.25) is 0 Å². The molecule has 0 radical (unpaired) electrons. The molecular weight excluding hydrogens is 156 g/mol. The predicted octanol–water partition coefficient (Wildman–Crippen LogP) is 4.87. The molecule has 0 atom stereocenters. The van der Waals surface area contributed by atoms with Crippen molar-refractivity contribution in [3.63, 3.8) is 0 Å². The molecular formula is C13H24. The summed E-state index contributed by atoms with van der Waals surface area (Å²) in [4.78, 5) is 0. The highest BCUT2D eigenvalue weighted by atomic mass is 14.0. The molecule has 0 heterocycles. The summed E-state index contributed by atoms with van der Waals surface area (Å²) in [5.74, 6) is 0.